The Kier molecular flexibility index (Phi) is 3.42. The standard InChI is InChI=1S/C12H16N4OS2/c1-15(2)12-14-10-8(19-12)7-9(18-10)11(17)16-5-3-13-4-6-16/h7,13H,3-6H2,1-2H3. The van der Waals surface area contributed by atoms with Crippen molar-refractivity contribution in [2.75, 3.05) is 45.2 Å². The fourth-order valence-corrected chi connectivity index (χ4v) is 4.15. The number of hydrogen-bond acceptors (Lipinski definition) is 6. The number of rotatable bonds is 2. The van der Waals surface area contributed by atoms with Gasteiger partial charge in [0.05, 0.1) is 9.58 Å². The third-order valence-corrected chi connectivity index (χ3v) is 5.39. The largest absolute Gasteiger partial charge is 0.354 e. The lowest BCUT2D eigenvalue weighted by atomic mass is 10.3. The first kappa shape index (κ1) is 12.8. The van der Waals surface area contributed by atoms with Gasteiger partial charge in [0, 0.05) is 40.3 Å². The Morgan fingerprint density at radius 2 is 2.11 bits per heavy atom. The zero-order valence-electron chi connectivity index (χ0n) is 11.0. The van der Waals surface area contributed by atoms with Crippen LogP contribution in [0.5, 0.6) is 0 Å². The van der Waals surface area contributed by atoms with E-state index >= 15 is 0 Å². The zero-order chi connectivity index (χ0) is 13.4. The number of hydrogen-bond donors (Lipinski definition) is 1. The van der Waals surface area contributed by atoms with Gasteiger partial charge in [0.2, 0.25) is 0 Å². The van der Waals surface area contributed by atoms with Gasteiger partial charge >= 0.3 is 0 Å². The van der Waals surface area contributed by atoms with Crippen LogP contribution in [0.1, 0.15) is 9.67 Å². The van der Waals surface area contributed by atoms with Gasteiger partial charge in [-0.15, -0.1) is 11.3 Å². The van der Waals surface area contributed by atoms with E-state index in [0.717, 1.165) is 45.7 Å². The molecular formula is C12H16N4OS2. The highest BCUT2D eigenvalue weighted by Gasteiger charge is 2.21. The molecule has 0 radical (unpaired) electrons. The predicted octanol–water partition coefficient (Wildman–Crippen LogP) is 1.47. The molecule has 0 spiro atoms. The maximum Gasteiger partial charge on any atom is 0.264 e. The van der Waals surface area contributed by atoms with E-state index in [4.69, 9.17) is 0 Å². The maximum absolute atomic E-state index is 12.4. The highest BCUT2D eigenvalue weighted by molar-refractivity contribution is 7.29. The van der Waals surface area contributed by atoms with Gasteiger partial charge in [0.25, 0.3) is 5.91 Å². The van der Waals surface area contributed by atoms with Crippen molar-refractivity contribution in [3.63, 3.8) is 0 Å². The highest BCUT2D eigenvalue weighted by Crippen LogP contribution is 2.34. The molecule has 0 unspecified atom stereocenters. The molecule has 1 aliphatic rings. The highest BCUT2D eigenvalue weighted by atomic mass is 32.1. The summed E-state index contributed by atoms with van der Waals surface area (Å²) >= 11 is 3.13. The minimum Gasteiger partial charge on any atom is -0.354 e. The predicted molar refractivity (Wildman–Crippen MR) is 80.6 cm³/mol. The van der Waals surface area contributed by atoms with Crippen LogP contribution in [0.4, 0.5) is 5.13 Å². The lowest BCUT2D eigenvalue weighted by Gasteiger charge is -2.26. The molecule has 1 amide bonds. The number of anilines is 1. The third kappa shape index (κ3) is 2.45. The Morgan fingerprint density at radius 3 is 2.74 bits per heavy atom. The summed E-state index contributed by atoms with van der Waals surface area (Å²) < 4.78 is 1.10. The van der Waals surface area contributed by atoms with Crippen LogP contribution >= 0.6 is 22.7 Å². The van der Waals surface area contributed by atoms with Crippen LogP contribution in [0.3, 0.4) is 0 Å². The molecule has 19 heavy (non-hydrogen) atoms. The molecule has 1 saturated heterocycles. The number of piperazine rings is 1. The van der Waals surface area contributed by atoms with Crippen LogP contribution < -0.4 is 10.2 Å². The molecule has 0 atom stereocenters. The molecule has 1 fully saturated rings. The van der Waals surface area contributed by atoms with E-state index in [9.17, 15) is 4.79 Å². The second-order valence-corrected chi connectivity index (χ2v) is 6.75. The average Bonchev–Trinajstić information content (AvgIpc) is 2.97. The van der Waals surface area contributed by atoms with E-state index < -0.39 is 0 Å². The number of carbonyl (C=O) groups is 1. The van der Waals surface area contributed by atoms with E-state index in [1.165, 1.54) is 11.3 Å². The quantitative estimate of drug-likeness (QED) is 0.912. The fourth-order valence-electron chi connectivity index (χ4n) is 2.04. The van der Waals surface area contributed by atoms with Crippen molar-refractivity contribution in [1.82, 2.24) is 15.2 Å². The van der Waals surface area contributed by atoms with Crippen LogP contribution in [-0.2, 0) is 0 Å². The summed E-state index contributed by atoms with van der Waals surface area (Å²) in [6, 6.07) is 1.98. The molecule has 3 rings (SSSR count). The maximum atomic E-state index is 12.4. The number of carbonyl (C=O) groups excluding carboxylic acids is 1. The lowest BCUT2D eigenvalue weighted by molar-refractivity contribution is 0.0741. The van der Waals surface area contributed by atoms with Crippen LogP contribution in [-0.4, -0.2) is 56.1 Å². The fraction of sp³-hybridized carbons (Fsp3) is 0.500. The molecule has 0 aliphatic carbocycles. The summed E-state index contributed by atoms with van der Waals surface area (Å²) in [4.78, 5) is 22.6. The van der Waals surface area contributed by atoms with Crippen molar-refractivity contribution >= 4 is 43.2 Å². The molecule has 2 aromatic heterocycles. The molecule has 1 N–H and O–H groups in total. The SMILES string of the molecule is CN(C)c1nc2sc(C(=O)N3CCNCC3)cc2s1. The average molecular weight is 296 g/mol. The third-order valence-electron chi connectivity index (χ3n) is 3.08. The van der Waals surface area contributed by atoms with Crippen molar-refractivity contribution in [2.45, 2.75) is 0 Å². The van der Waals surface area contributed by atoms with Gasteiger partial charge in [-0.05, 0) is 6.07 Å². The monoisotopic (exact) mass is 296 g/mol. The number of nitrogens with zero attached hydrogens (tertiary/aromatic N) is 3. The lowest BCUT2D eigenvalue weighted by Crippen LogP contribution is -2.46. The van der Waals surface area contributed by atoms with Crippen LogP contribution in [0.2, 0.25) is 0 Å². The van der Waals surface area contributed by atoms with E-state index in [1.807, 2.05) is 30.0 Å². The molecule has 102 valence electrons. The molecule has 5 nitrogen and oxygen atoms in total. The first-order chi connectivity index (χ1) is 9.15. The van der Waals surface area contributed by atoms with Crippen LogP contribution in [0.15, 0.2) is 6.07 Å². The van der Waals surface area contributed by atoms with Crippen LogP contribution in [0, 0.1) is 0 Å². The number of thiophene rings is 1. The smallest absolute Gasteiger partial charge is 0.264 e. The minimum absolute atomic E-state index is 0.142. The first-order valence-electron chi connectivity index (χ1n) is 6.23. The molecule has 0 aromatic carbocycles. The Bertz CT molecular complexity index is 566. The van der Waals surface area contributed by atoms with Gasteiger partial charge in [-0.25, -0.2) is 4.98 Å². The number of nitrogens with one attached hydrogen (secondary N) is 1. The van der Waals surface area contributed by atoms with Gasteiger partial charge in [-0.1, -0.05) is 11.3 Å². The van der Waals surface area contributed by atoms with E-state index in [0.29, 0.717) is 0 Å². The summed E-state index contributed by atoms with van der Waals surface area (Å²) in [5, 5.41) is 4.24. The van der Waals surface area contributed by atoms with Crippen molar-refractivity contribution in [3.8, 4) is 0 Å². The number of fused-ring (bicyclic) bond motifs is 1. The normalized spacial score (nSPS) is 16.0. The van der Waals surface area contributed by atoms with Crippen LogP contribution in [0.25, 0.3) is 9.53 Å². The minimum atomic E-state index is 0.142. The molecule has 7 heteroatoms. The van der Waals surface area contributed by atoms with Gasteiger partial charge in [-0.3, -0.25) is 4.79 Å². The topological polar surface area (TPSA) is 48.5 Å². The van der Waals surface area contributed by atoms with Gasteiger partial charge < -0.3 is 15.1 Å². The Balaban J connectivity index is 1.84. The Hall–Kier alpha value is -1.18. The summed E-state index contributed by atoms with van der Waals surface area (Å²) in [6.07, 6.45) is 0. The molecule has 2 aromatic rings. The van der Waals surface area contributed by atoms with Gasteiger partial charge in [-0.2, -0.15) is 0 Å². The van der Waals surface area contributed by atoms with Crippen molar-refractivity contribution in [3.05, 3.63) is 10.9 Å². The van der Waals surface area contributed by atoms with Gasteiger partial charge in [0.15, 0.2) is 5.13 Å². The summed E-state index contributed by atoms with van der Waals surface area (Å²) in [5.74, 6) is 0.142. The number of thiazole rings is 1. The van der Waals surface area contributed by atoms with E-state index in [2.05, 4.69) is 10.3 Å². The molecule has 0 bridgehead atoms. The molecular weight excluding hydrogens is 280 g/mol. The van der Waals surface area contributed by atoms with E-state index in [1.54, 1.807) is 11.3 Å². The van der Waals surface area contributed by atoms with Crippen molar-refractivity contribution in [2.24, 2.45) is 0 Å². The summed E-state index contributed by atoms with van der Waals surface area (Å²) in [5.41, 5.74) is 0. The first-order valence-corrected chi connectivity index (χ1v) is 7.86. The molecule has 0 saturated carbocycles. The molecule has 3 heterocycles. The van der Waals surface area contributed by atoms with Gasteiger partial charge in [0.1, 0.15) is 4.83 Å². The number of aromatic nitrogens is 1. The second kappa shape index (κ2) is 5.07. The van der Waals surface area contributed by atoms with Crippen molar-refractivity contribution < 1.29 is 4.79 Å². The van der Waals surface area contributed by atoms with E-state index in [-0.39, 0.29) is 5.91 Å². The Labute approximate surface area is 119 Å². The summed E-state index contributed by atoms with van der Waals surface area (Å²) in [6.45, 7) is 3.35. The Morgan fingerprint density at radius 1 is 1.37 bits per heavy atom. The zero-order valence-corrected chi connectivity index (χ0v) is 12.6. The second-order valence-electron chi connectivity index (χ2n) is 4.71. The van der Waals surface area contributed by atoms with Crippen molar-refractivity contribution in [1.29, 1.82) is 0 Å². The number of amides is 1. The summed E-state index contributed by atoms with van der Waals surface area (Å²) in [7, 11) is 3.96. The molecule has 1 aliphatic heterocycles.